The van der Waals surface area contributed by atoms with Crippen LogP contribution in [0.2, 0.25) is 0 Å². The fraction of sp³-hybridized carbons (Fsp3) is 0. The van der Waals surface area contributed by atoms with Gasteiger partial charge in [-0.15, -0.1) is 10.2 Å². The van der Waals surface area contributed by atoms with E-state index in [1.807, 2.05) is 18.2 Å². The van der Waals surface area contributed by atoms with Gasteiger partial charge in [-0.1, -0.05) is 31.9 Å². The lowest BCUT2D eigenvalue weighted by atomic mass is 10.1. The molecular formula is C12H7Br2N5O. The summed E-state index contributed by atoms with van der Waals surface area (Å²) in [4.78, 5) is 14.9. The van der Waals surface area contributed by atoms with Crippen LogP contribution < -0.4 is 5.56 Å². The zero-order valence-corrected chi connectivity index (χ0v) is 13.1. The number of benzene rings is 1. The van der Waals surface area contributed by atoms with Gasteiger partial charge in [0.1, 0.15) is 0 Å². The summed E-state index contributed by atoms with van der Waals surface area (Å²) in [5.41, 5.74) is 1.71. The minimum atomic E-state index is -0.264. The zero-order valence-electron chi connectivity index (χ0n) is 9.89. The number of halogens is 2. The van der Waals surface area contributed by atoms with Crippen LogP contribution in [0.5, 0.6) is 0 Å². The minimum Gasteiger partial charge on any atom is -0.321 e. The van der Waals surface area contributed by atoms with Crippen molar-refractivity contribution in [2.45, 2.75) is 0 Å². The summed E-state index contributed by atoms with van der Waals surface area (Å²) in [6.07, 6.45) is 0. The molecule has 1 aromatic carbocycles. The molecule has 6 nitrogen and oxygen atoms in total. The van der Waals surface area contributed by atoms with E-state index >= 15 is 0 Å². The van der Waals surface area contributed by atoms with E-state index in [4.69, 9.17) is 0 Å². The summed E-state index contributed by atoms with van der Waals surface area (Å²) >= 11 is 6.84. The highest BCUT2D eigenvalue weighted by molar-refractivity contribution is 9.11. The van der Waals surface area contributed by atoms with Gasteiger partial charge in [-0.25, -0.2) is 0 Å². The number of hydrogen-bond acceptors (Lipinski definition) is 4. The Balaban J connectivity index is 2.09. The normalized spacial score (nSPS) is 10.7. The van der Waals surface area contributed by atoms with E-state index < -0.39 is 0 Å². The summed E-state index contributed by atoms with van der Waals surface area (Å²) < 4.78 is 1.84. The molecular weight excluding hydrogens is 390 g/mol. The molecule has 0 unspecified atom stereocenters. The van der Waals surface area contributed by atoms with Gasteiger partial charge in [0.15, 0.2) is 0 Å². The highest BCUT2D eigenvalue weighted by Gasteiger charge is 2.09. The topological polar surface area (TPSA) is 87.3 Å². The second kappa shape index (κ2) is 5.29. The lowest BCUT2D eigenvalue weighted by molar-refractivity contribution is 0.881. The van der Waals surface area contributed by atoms with Crippen molar-refractivity contribution >= 4 is 31.9 Å². The molecule has 0 amide bonds. The summed E-state index contributed by atoms with van der Waals surface area (Å²) in [6.45, 7) is 0. The molecule has 0 aliphatic rings. The molecule has 0 bridgehead atoms. The third-order valence-corrected chi connectivity index (χ3v) is 3.58. The van der Waals surface area contributed by atoms with E-state index in [-0.39, 0.29) is 11.4 Å². The molecule has 2 heterocycles. The molecule has 0 saturated heterocycles. The average molecular weight is 397 g/mol. The van der Waals surface area contributed by atoms with Crippen LogP contribution >= 0.6 is 31.9 Å². The van der Waals surface area contributed by atoms with Gasteiger partial charge in [-0.3, -0.25) is 4.79 Å². The molecule has 0 aliphatic heterocycles. The smallest absolute Gasteiger partial charge is 0.259 e. The first-order valence-corrected chi connectivity index (χ1v) is 7.16. The number of nitrogens with zero attached hydrogens (tertiary/aromatic N) is 3. The SMILES string of the molecule is O=c1[nH]c(-c2cc(Br)cc(Br)c2)ccc1-c1nn[nH]n1. The number of nitrogens with one attached hydrogen (secondary N) is 2. The maximum absolute atomic E-state index is 12.1. The highest BCUT2D eigenvalue weighted by Crippen LogP contribution is 2.26. The van der Waals surface area contributed by atoms with Gasteiger partial charge in [-0.2, -0.15) is 5.21 Å². The number of aromatic amines is 2. The first kappa shape index (κ1) is 13.2. The minimum absolute atomic E-state index is 0.264. The molecule has 3 rings (SSSR count). The van der Waals surface area contributed by atoms with E-state index in [0.29, 0.717) is 11.3 Å². The summed E-state index contributed by atoms with van der Waals surface area (Å²) in [5, 5.41) is 13.4. The Morgan fingerprint density at radius 2 is 1.80 bits per heavy atom. The van der Waals surface area contributed by atoms with Crippen molar-refractivity contribution in [1.82, 2.24) is 25.6 Å². The fourth-order valence-electron chi connectivity index (χ4n) is 1.80. The monoisotopic (exact) mass is 395 g/mol. The first-order valence-electron chi connectivity index (χ1n) is 5.57. The number of rotatable bonds is 2. The quantitative estimate of drug-likeness (QED) is 0.697. The molecule has 0 aliphatic carbocycles. The van der Waals surface area contributed by atoms with E-state index in [1.54, 1.807) is 12.1 Å². The van der Waals surface area contributed by atoms with E-state index in [1.165, 1.54) is 0 Å². The Morgan fingerprint density at radius 1 is 1.05 bits per heavy atom. The third-order valence-electron chi connectivity index (χ3n) is 2.67. The molecule has 8 heteroatoms. The number of hydrogen-bond donors (Lipinski definition) is 2. The van der Waals surface area contributed by atoms with Gasteiger partial charge in [0.05, 0.1) is 5.56 Å². The molecule has 2 aromatic heterocycles. The van der Waals surface area contributed by atoms with Crippen LogP contribution in [-0.4, -0.2) is 25.6 Å². The predicted octanol–water partition coefficient (Wildman–Crippen LogP) is 2.75. The van der Waals surface area contributed by atoms with Gasteiger partial charge in [0.25, 0.3) is 5.56 Å². The van der Waals surface area contributed by atoms with Crippen LogP contribution in [0.25, 0.3) is 22.6 Å². The van der Waals surface area contributed by atoms with Gasteiger partial charge in [-0.05, 0) is 35.5 Å². The fourth-order valence-corrected chi connectivity index (χ4v) is 3.10. The Morgan fingerprint density at radius 3 is 2.40 bits per heavy atom. The maximum Gasteiger partial charge on any atom is 0.259 e. The molecule has 0 radical (unpaired) electrons. The second-order valence-electron chi connectivity index (χ2n) is 4.01. The van der Waals surface area contributed by atoms with Gasteiger partial charge < -0.3 is 4.98 Å². The molecule has 0 spiro atoms. The maximum atomic E-state index is 12.1. The van der Waals surface area contributed by atoms with Crippen molar-refractivity contribution in [1.29, 1.82) is 0 Å². The van der Waals surface area contributed by atoms with Crippen LogP contribution in [0.3, 0.4) is 0 Å². The van der Waals surface area contributed by atoms with Crippen LogP contribution in [0, 0.1) is 0 Å². The van der Waals surface area contributed by atoms with Crippen LogP contribution in [-0.2, 0) is 0 Å². The summed E-state index contributed by atoms with van der Waals surface area (Å²) in [6, 6.07) is 9.25. The van der Waals surface area contributed by atoms with Crippen molar-refractivity contribution in [2.24, 2.45) is 0 Å². The van der Waals surface area contributed by atoms with Crippen molar-refractivity contribution in [2.75, 3.05) is 0 Å². The van der Waals surface area contributed by atoms with E-state index in [0.717, 1.165) is 14.5 Å². The predicted molar refractivity (Wildman–Crippen MR) is 81.1 cm³/mol. The second-order valence-corrected chi connectivity index (χ2v) is 5.84. The molecule has 20 heavy (non-hydrogen) atoms. The number of tetrazole rings is 1. The highest BCUT2D eigenvalue weighted by atomic mass is 79.9. The summed E-state index contributed by atoms with van der Waals surface area (Å²) in [5.74, 6) is 0.272. The van der Waals surface area contributed by atoms with Crippen LogP contribution in [0.4, 0.5) is 0 Å². The lowest BCUT2D eigenvalue weighted by Crippen LogP contribution is -2.10. The Labute approximate surface area is 129 Å². The Bertz CT molecular complexity index is 793. The molecule has 0 saturated carbocycles. The largest absolute Gasteiger partial charge is 0.321 e. The van der Waals surface area contributed by atoms with Gasteiger partial charge >= 0.3 is 0 Å². The Kier molecular flexibility index (Phi) is 3.49. The number of aromatic nitrogens is 5. The molecule has 3 aromatic rings. The molecule has 0 atom stereocenters. The van der Waals surface area contributed by atoms with Crippen molar-refractivity contribution in [3.8, 4) is 22.6 Å². The van der Waals surface area contributed by atoms with Crippen molar-refractivity contribution in [3.63, 3.8) is 0 Å². The van der Waals surface area contributed by atoms with Crippen molar-refractivity contribution < 1.29 is 0 Å². The Hall–Kier alpha value is -1.80. The number of pyridine rings is 1. The first-order chi connectivity index (χ1) is 9.63. The van der Waals surface area contributed by atoms with Crippen molar-refractivity contribution in [3.05, 3.63) is 49.6 Å². The van der Waals surface area contributed by atoms with Gasteiger partial charge in [0.2, 0.25) is 5.82 Å². The zero-order chi connectivity index (χ0) is 14.1. The van der Waals surface area contributed by atoms with Crippen LogP contribution in [0.15, 0.2) is 44.1 Å². The van der Waals surface area contributed by atoms with Gasteiger partial charge in [0, 0.05) is 20.2 Å². The lowest BCUT2D eigenvalue weighted by Gasteiger charge is -2.04. The summed E-state index contributed by atoms with van der Waals surface area (Å²) in [7, 11) is 0. The van der Waals surface area contributed by atoms with E-state index in [2.05, 4.69) is 57.5 Å². The standard InChI is InChI=1S/C12H7Br2N5O/c13-7-3-6(4-8(14)5-7)10-2-1-9(12(20)15-10)11-16-18-19-17-11/h1-5H,(H,15,20)(H,16,17,18,19). The molecule has 0 fully saturated rings. The average Bonchev–Trinajstić information content (AvgIpc) is 2.91. The van der Waals surface area contributed by atoms with E-state index in [9.17, 15) is 4.79 Å². The third kappa shape index (κ3) is 2.56. The van der Waals surface area contributed by atoms with Crippen LogP contribution in [0.1, 0.15) is 0 Å². The molecule has 2 N–H and O–H groups in total. The molecule has 100 valence electrons. The number of H-pyrrole nitrogens is 2.